The number of fused-ring (bicyclic) bond motifs is 1. The van der Waals surface area contributed by atoms with E-state index < -0.39 is 5.97 Å². The Hall–Kier alpha value is -2.75. The van der Waals surface area contributed by atoms with E-state index in [0.29, 0.717) is 13.2 Å². The maximum absolute atomic E-state index is 10.9. The molecule has 0 atom stereocenters. The third-order valence-electron chi connectivity index (χ3n) is 3.74. The molecule has 4 heteroatoms. The lowest BCUT2D eigenvalue weighted by molar-refractivity contribution is 0.0697. The summed E-state index contributed by atoms with van der Waals surface area (Å²) in [5.74, 6) is 0.638. The maximum Gasteiger partial charge on any atom is 0.335 e. The van der Waals surface area contributed by atoms with Gasteiger partial charge in [-0.25, -0.2) is 4.79 Å². The fourth-order valence-electron chi connectivity index (χ4n) is 2.46. The van der Waals surface area contributed by atoms with Gasteiger partial charge in [0.15, 0.2) is 11.5 Å². The van der Waals surface area contributed by atoms with Crippen LogP contribution in [-0.2, 0) is 0 Å². The Bertz CT molecular complexity index is 744. The number of ether oxygens (including phenoxy) is 2. The topological polar surface area (TPSA) is 55.8 Å². The summed E-state index contributed by atoms with van der Waals surface area (Å²) in [6.45, 7) is 3.36. The van der Waals surface area contributed by atoms with Gasteiger partial charge in [-0.15, -0.1) is 0 Å². The molecule has 0 fully saturated rings. The first-order valence-electron chi connectivity index (χ1n) is 7.55. The van der Waals surface area contributed by atoms with E-state index in [1.54, 1.807) is 24.3 Å². The van der Waals surface area contributed by atoms with Crippen LogP contribution in [0.15, 0.2) is 42.5 Å². The molecule has 1 heterocycles. The van der Waals surface area contributed by atoms with Crippen molar-refractivity contribution >= 4 is 17.6 Å². The first-order chi connectivity index (χ1) is 11.1. The number of allylic oxidation sites excluding steroid dienone is 1. The summed E-state index contributed by atoms with van der Waals surface area (Å²) >= 11 is 0. The van der Waals surface area contributed by atoms with Crippen molar-refractivity contribution < 1.29 is 19.4 Å². The number of carboxylic acids is 1. The van der Waals surface area contributed by atoms with Gasteiger partial charge in [0, 0.05) is 6.42 Å². The highest BCUT2D eigenvalue weighted by molar-refractivity contribution is 5.88. The van der Waals surface area contributed by atoms with Gasteiger partial charge in [-0.3, -0.25) is 0 Å². The molecule has 0 radical (unpaired) electrons. The van der Waals surface area contributed by atoms with E-state index in [1.165, 1.54) is 0 Å². The van der Waals surface area contributed by atoms with E-state index in [4.69, 9.17) is 14.6 Å². The second-order valence-corrected chi connectivity index (χ2v) is 5.47. The van der Waals surface area contributed by atoms with E-state index in [2.05, 4.69) is 0 Å². The van der Waals surface area contributed by atoms with Crippen LogP contribution in [0.1, 0.15) is 34.8 Å². The SMILES string of the molecule is C/C(=C\c1ccc(C(=O)O)cc1)c1ccc2c(c1)OCCCO2. The van der Waals surface area contributed by atoms with Crippen molar-refractivity contribution in [2.75, 3.05) is 13.2 Å². The Morgan fingerprint density at radius 1 is 1.00 bits per heavy atom. The maximum atomic E-state index is 10.9. The standard InChI is InChI=1S/C19H18O4/c1-13(11-14-3-5-15(6-4-14)19(20)21)16-7-8-17-18(12-16)23-10-2-9-22-17/h3-8,11-12H,2,9-10H2,1H3,(H,20,21)/b13-11+. The molecular weight excluding hydrogens is 292 g/mol. The molecule has 0 saturated carbocycles. The summed E-state index contributed by atoms with van der Waals surface area (Å²) in [5, 5.41) is 8.93. The Morgan fingerprint density at radius 2 is 1.65 bits per heavy atom. The van der Waals surface area contributed by atoms with Crippen molar-refractivity contribution in [2.45, 2.75) is 13.3 Å². The van der Waals surface area contributed by atoms with Crippen LogP contribution in [0, 0.1) is 0 Å². The minimum atomic E-state index is -0.917. The highest BCUT2D eigenvalue weighted by Gasteiger charge is 2.11. The van der Waals surface area contributed by atoms with Crippen LogP contribution in [0.2, 0.25) is 0 Å². The van der Waals surface area contributed by atoms with Gasteiger partial charge in [-0.05, 0) is 47.9 Å². The van der Waals surface area contributed by atoms with Crippen LogP contribution >= 0.6 is 0 Å². The summed E-state index contributed by atoms with van der Waals surface area (Å²) in [7, 11) is 0. The molecule has 1 aliphatic rings. The van der Waals surface area contributed by atoms with E-state index in [0.717, 1.165) is 34.6 Å². The lowest BCUT2D eigenvalue weighted by Gasteiger charge is -2.10. The molecule has 0 spiro atoms. The van der Waals surface area contributed by atoms with E-state index in [1.807, 2.05) is 31.2 Å². The summed E-state index contributed by atoms with van der Waals surface area (Å²) in [4.78, 5) is 10.9. The third-order valence-corrected chi connectivity index (χ3v) is 3.74. The molecule has 0 aliphatic carbocycles. The minimum absolute atomic E-state index is 0.287. The van der Waals surface area contributed by atoms with Crippen LogP contribution in [0.25, 0.3) is 11.6 Å². The summed E-state index contributed by atoms with van der Waals surface area (Å²) in [5.41, 5.74) is 3.37. The van der Waals surface area contributed by atoms with Crippen LogP contribution in [0.3, 0.4) is 0 Å². The fraction of sp³-hybridized carbons (Fsp3) is 0.211. The van der Waals surface area contributed by atoms with Gasteiger partial charge in [0.2, 0.25) is 0 Å². The number of carbonyl (C=O) groups is 1. The van der Waals surface area contributed by atoms with Gasteiger partial charge in [-0.1, -0.05) is 24.3 Å². The zero-order valence-corrected chi connectivity index (χ0v) is 12.9. The Morgan fingerprint density at radius 3 is 2.35 bits per heavy atom. The first-order valence-corrected chi connectivity index (χ1v) is 7.55. The molecule has 118 valence electrons. The normalized spacial score (nSPS) is 14.2. The van der Waals surface area contributed by atoms with Crippen LogP contribution in [0.4, 0.5) is 0 Å². The van der Waals surface area contributed by atoms with Crippen molar-refractivity contribution in [1.29, 1.82) is 0 Å². The molecule has 0 bridgehead atoms. The van der Waals surface area contributed by atoms with Crippen LogP contribution in [0.5, 0.6) is 11.5 Å². The van der Waals surface area contributed by atoms with E-state index >= 15 is 0 Å². The molecule has 0 unspecified atom stereocenters. The number of carboxylic acid groups (broad SMARTS) is 1. The average molecular weight is 310 g/mol. The van der Waals surface area contributed by atoms with Crippen molar-refractivity contribution in [3.05, 3.63) is 59.2 Å². The van der Waals surface area contributed by atoms with Crippen molar-refractivity contribution in [1.82, 2.24) is 0 Å². The number of rotatable bonds is 3. The molecule has 1 aliphatic heterocycles. The van der Waals surface area contributed by atoms with E-state index in [-0.39, 0.29) is 5.56 Å². The highest BCUT2D eigenvalue weighted by Crippen LogP contribution is 2.33. The molecule has 3 rings (SSSR count). The lowest BCUT2D eigenvalue weighted by atomic mass is 10.0. The lowest BCUT2D eigenvalue weighted by Crippen LogP contribution is -1.97. The zero-order chi connectivity index (χ0) is 16.2. The summed E-state index contributed by atoms with van der Waals surface area (Å²) in [6, 6.07) is 12.7. The Balaban J connectivity index is 1.85. The minimum Gasteiger partial charge on any atom is -0.490 e. The van der Waals surface area contributed by atoms with Crippen molar-refractivity contribution in [3.8, 4) is 11.5 Å². The second kappa shape index (κ2) is 6.57. The van der Waals surface area contributed by atoms with E-state index in [9.17, 15) is 4.79 Å². The molecule has 1 N–H and O–H groups in total. The molecule has 4 nitrogen and oxygen atoms in total. The summed E-state index contributed by atoms with van der Waals surface area (Å²) < 4.78 is 11.4. The third kappa shape index (κ3) is 3.54. The number of hydrogen-bond acceptors (Lipinski definition) is 3. The van der Waals surface area contributed by atoms with Gasteiger partial charge < -0.3 is 14.6 Å². The Labute approximate surface area is 135 Å². The van der Waals surface area contributed by atoms with Gasteiger partial charge >= 0.3 is 5.97 Å². The Kier molecular flexibility index (Phi) is 4.33. The monoisotopic (exact) mass is 310 g/mol. The highest BCUT2D eigenvalue weighted by atomic mass is 16.5. The van der Waals surface area contributed by atoms with Crippen molar-refractivity contribution in [3.63, 3.8) is 0 Å². The molecule has 0 amide bonds. The van der Waals surface area contributed by atoms with Crippen molar-refractivity contribution in [2.24, 2.45) is 0 Å². The molecule has 23 heavy (non-hydrogen) atoms. The number of benzene rings is 2. The molecular formula is C19H18O4. The van der Waals surface area contributed by atoms with Gasteiger partial charge in [-0.2, -0.15) is 0 Å². The van der Waals surface area contributed by atoms with Gasteiger partial charge in [0.05, 0.1) is 18.8 Å². The fourth-order valence-corrected chi connectivity index (χ4v) is 2.46. The number of aromatic carboxylic acids is 1. The molecule has 0 aromatic heterocycles. The first kappa shape index (κ1) is 15.2. The zero-order valence-electron chi connectivity index (χ0n) is 12.9. The second-order valence-electron chi connectivity index (χ2n) is 5.47. The number of hydrogen-bond donors (Lipinski definition) is 1. The van der Waals surface area contributed by atoms with Crippen LogP contribution < -0.4 is 9.47 Å². The average Bonchev–Trinajstić information content (AvgIpc) is 2.79. The molecule has 2 aromatic rings. The predicted octanol–water partition coefficient (Wildman–Crippen LogP) is 4.11. The molecule has 0 saturated heterocycles. The quantitative estimate of drug-likeness (QED) is 0.867. The van der Waals surface area contributed by atoms with Gasteiger partial charge in [0.25, 0.3) is 0 Å². The smallest absolute Gasteiger partial charge is 0.335 e. The van der Waals surface area contributed by atoms with Gasteiger partial charge in [0.1, 0.15) is 0 Å². The summed E-state index contributed by atoms with van der Waals surface area (Å²) in [6.07, 6.45) is 2.90. The molecule has 2 aromatic carbocycles. The van der Waals surface area contributed by atoms with Crippen LogP contribution in [-0.4, -0.2) is 24.3 Å². The largest absolute Gasteiger partial charge is 0.490 e. The predicted molar refractivity (Wildman–Crippen MR) is 89.0 cm³/mol.